The average molecular weight is 561 g/mol. The first-order valence-electron chi connectivity index (χ1n) is 12.5. The molecule has 0 saturated heterocycles. The molecule has 0 fully saturated rings. The van der Waals surface area contributed by atoms with E-state index in [1.54, 1.807) is 0 Å². The third kappa shape index (κ3) is 4.17. The monoisotopic (exact) mass is 559 g/mol. The zero-order chi connectivity index (χ0) is 24.1. The van der Waals surface area contributed by atoms with Crippen LogP contribution in [0.4, 0.5) is 5.69 Å². The number of hydrogen-bond acceptors (Lipinski definition) is 1. The van der Waals surface area contributed by atoms with Crippen molar-refractivity contribution in [2.24, 2.45) is 0 Å². The molecule has 3 aliphatic rings. The summed E-state index contributed by atoms with van der Waals surface area (Å²) in [5.41, 5.74) is 16.3. The molecule has 3 aromatic rings. The van der Waals surface area contributed by atoms with Crippen LogP contribution in [0.3, 0.4) is 0 Å². The average Bonchev–Trinajstić information content (AvgIpc) is 3.47. The molecule has 0 aromatic heterocycles. The maximum atomic E-state index is 2.57. The molecule has 0 radical (unpaired) electrons. The third-order valence-corrected chi connectivity index (χ3v) is 8.44. The fourth-order valence-electron chi connectivity index (χ4n) is 6.04. The van der Waals surface area contributed by atoms with Gasteiger partial charge >= 0.3 is 0 Å². The van der Waals surface area contributed by atoms with E-state index in [9.17, 15) is 0 Å². The Morgan fingerprint density at radius 2 is 1.50 bits per heavy atom. The van der Waals surface area contributed by atoms with E-state index >= 15 is 0 Å². The summed E-state index contributed by atoms with van der Waals surface area (Å²) < 4.78 is 0. The van der Waals surface area contributed by atoms with Gasteiger partial charge in [0.05, 0.1) is 6.04 Å². The van der Waals surface area contributed by atoms with Gasteiger partial charge in [-0.25, -0.2) is 0 Å². The predicted molar refractivity (Wildman–Crippen MR) is 153 cm³/mol. The molecule has 1 heterocycles. The van der Waals surface area contributed by atoms with E-state index < -0.39 is 8.41 Å². The molecule has 176 valence electrons. The van der Waals surface area contributed by atoms with Crippen LogP contribution in [0.25, 0.3) is 17.2 Å². The summed E-state index contributed by atoms with van der Waals surface area (Å²) in [5, 5.41) is 0. The number of nitrogens with zero attached hydrogens (tertiary/aromatic N) is 1. The zero-order valence-electron chi connectivity index (χ0n) is 21.4. The molecule has 1 aliphatic heterocycles. The number of rotatable bonds is 4. The Hall–Kier alpha value is -2.61. The summed E-state index contributed by atoms with van der Waals surface area (Å²) in [6, 6.07) is 28.8. The number of hydrogen-bond donors (Lipinski definition) is 0. The van der Waals surface area contributed by atoms with Gasteiger partial charge in [0.15, 0.2) is 0 Å². The first-order chi connectivity index (χ1) is 17.0. The largest absolute Gasteiger partial charge is 0.331 e. The Morgan fingerprint density at radius 3 is 2.19 bits per heavy atom. The minimum Gasteiger partial charge on any atom is -0.331 e. The van der Waals surface area contributed by atoms with Gasteiger partial charge in [-0.3, -0.25) is 0 Å². The van der Waals surface area contributed by atoms with Gasteiger partial charge in [-0.15, -0.1) is 0 Å². The fourth-order valence-corrected chi connectivity index (χ4v) is 6.97. The molecule has 6 rings (SSSR count). The summed E-state index contributed by atoms with van der Waals surface area (Å²) in [5.74, 6) is 0.304. The summed E-state index contributed by atoms with van der Waals surface area (Å²) >= 11 is 0. The van der Waals surface area contributed by atoms with Crippen LogP contribution < -0.4 is 4.90 Å². The van der Waals surface area contributed by atoms with Crippen LogP contribution in [0, 0.1) is 0 Å². The van der Waals surface area contributed by atoms with E-state index in [2.05, 4.69) is 135 Å². The molecule has 0 amide bonds. The second-order valence-electron chi connectivity index (χ2n) is 10.1. The summed E-state index contributed by atoms with van der Waals surface area (Å²) in [7, 11) is -0.497. The van der Waals surface area contributed by atoms with Crippen molar-refractivity contribution in [1.29, 1.82) is 0 Å². The van der Waals surface area contributed by atoms with E-state index in [1.165, 1.54) is 55.9 Å². The zero-order valence-corrected chi connectivity index (χ0v) is 24.9. The van der Waals surface area contributed by atoms with Gasteiger partial charge in [-0.05, 0) is 71.5 Å². The van der Waals surface area contributed by atoms with Crippen molar-refractivity contribution in [1.82, 2.24) is 0 Å². The molecule has 2 unspecified atom stereocenters. The van der Waals surface area contributed by atoms with Gasteiger partial charge in [0.2, 0.25) is 0 Å². The second kappa shape index (κ2) is 10.0. The molecule has 2 atom stereocenters. The number of para-hydroxylation sites is 1. The molecule has 0 bridgehead atoms. The Bertz CT molecular complexity index is 1470. The van der Waals surface area contributed by atoms with Crippen LogP contribution in [0.15, 0.2) is 119 Å². The first-order valence-corrected chi connectivity index (χ1v) is 15.1. The van der Waals surface area contributed by atoms with Gasteiger partial charge in [-0.2, -0.15) is 0 Å². The minimum absolute atomic E-state index is 0. The Labute approximate surface area is 235 Å². The van der Waals surface area contributed by atoms with Crippen LogP contribution in [0.1, 0.15) is 30.9 Å². The third-order valence-electron chi connectivity index (χ3n) is 7.43. The topological polar surface area (TPSA) is 3.24 Å². The van der Waals surface area contributed by atoms with Crippen molar-refractivity contribution < 1.29 is 26.2 Å². The minimum atomic E-state index is -0.497. The van der Waals surface area contributed by atoms with Crippen LogP contribution in [0.2, 0.25) is 13.1 Å². The number of allylic oxidation sites excluding steroid dienone is 4. The molecule has 2 aliphatic carbocycles. The maximum absolute atomic E-state index is 2.57. The molecule has 0 N–H and O–H groups in total. The van der Waals surface area contributed by atoms with E-state index in [0.717, 1.165) is 0 Å². The van der Waals surface area contributed by atoms with Crippen molar-refractivity contribution in [3.05, 3.63) is 130 Å². The Morgan fingerprint density at radius 1 is 0.806 bits per heavy atom. The van der Waals surface area contributed by atoms with Crippen LogP contribution in [0.5, 0.6) is 0 Å². The van der Waals surface area contributed by atoms with E-state index in [1.807, 2.05) is 0 Å². The summed E-state index contributed by atoms with van der Waals surface area (Å²) in [6.45, 7) is 9.36. The van der Waals surface area contributed by atoms with Crippen molar-refractivity contribution in [2.75, 3.05) is 4.90 Å². The summed E-state index contributed by atoms with van der Waals surface area (Å²) in [6.07, 6.45) is 7.37. The molecule has 0 spiro atoms. The standard InChI is InChI=1S/C33H31NSi.Zr/c1-22-18-29-27(24-12-7-5-8-13-24)16-11-17-28(29)32(22)33-23(2)19-31-30(33)20-26(21-35(3)4)34(31)25-14-9-6-10-15-25;/h5-21,26,32H,1-4H3;. The van der Waals surface area contributed by atoms with Gasteiger partial charge in [0.25, 0.3) is 0 Å². The van der Waals surface area contributed by atoms with Crippen molar-refractivity contribution in [3.63, 3.8) is 0 Å². The molecule has 1 nitrogen and oxygen atoms in total. The van der Waals surface area contributed by atoms with Gasteiger partial charge in [0, 0.05) is 57.5 Å². The van der Waals surface area contributed by atoms with Crippen LogP contribution in [-0.4, -0.2) is 20.1 Å². The first kappa shape index (κ1) is 25.1. The SMILES string of the molecule is CC1=Cc2c(-c3ccccc3)cccc2C1C1=C(C)C=C2C1=CC(C=[Si](C)C)N2c1ccccc1.[Zr]. The molecule has 3 heteroatoms. The van der Waals surface area contributed by atoms with Crippen molar-refractivity contribution in [2.45, 2.75) is 38.9 Å². The Balaban J connectivity index is 0.00000267. The molecule has 3 aromatic carbocycles. The molecule has 0 saturated carbocycles. The Kier molecular flexibility index (Phi) is 6.99. The molecular formula is C33H31NSiZr. The predicted octanol–water partition coefficient (Wildman–Crippen LogP) is 8.02. The number of fused-ring (bicyclic) bond motifs is 2. The van der Waals surface area contributed by atoms with E-state index in [4.69, 9.17) is 0 Å². The van der Waals surface area contributed by atoms with Crippen molar-refractivity contribution >= 4 is 25.8 Å². The normalized spacial score (nSPS) is 19.8. The number of anilines is 1. The van der Waals surface area contributed by atoms with Gasteiger partial charge in [0.1, 0.15) is 0 Å². The van der Waals surface area contributed by atoms with Crippen molar-refractivity contribution in [3.8, 4) is 11.1 Å². The van der Waals surface area contributed by atoms with Crippen LogP contribution >= 0.6 is 0 Å². The fraction of sp³-hybridized carbons (Fsp3) is 0.182. The summed E-state index contributed by atoms with van der Waals surface area (Å²) in [4.78, 5) is 2.54. The maximum Gasteiger partial charge on any atom is 0.0677 e. The quantitative estimate of drug-likeness (QED) is 0.292. The van der Waals surface area contributed by atoms with Gasteiger partial charge < -0.3 is 4.90 Å². The molecular weight excluding hydrogens is 530 g/mol. The second-order valence-corrected chi connectivity index (χ2v) is 12.6. The number of benzene rings is 3. The molecule has 36 heavy (non-hydrogen) atoms. The van der Waals surface area contributed by atoms with E-state index in [-0.39, 0.29) is 26.2 Å². The smallest absolute Gasteiger partial charge is 0.0677 e. The van der Waals surface area contributed by atoms with Crippen LogP contribution in [-0.2, 0) is 26.2 Å². The van der Waals surface area contributed by atoms with E-state index in [0.29, 0.717) is 12.0 Å². The van der Waals surface area contributed by atoms with Gasteiger partial charge in [-0.1, -0.05) is 97.1 Å².